The molecule has 0 bridgehead atoms. The molecule has 0 radical (unpaired) electrons. The Kier molecular flexibility index (Phi) is 2.91. The summed E-state index contributed by atoms with van der Waals surface area (Å²) in [5.41, 5.74) is 0.190. The van der Waals surface area contributed by atoms with E-state index in [4.69, 9.17) is 5.11 Å². The van der Waals surface area contributed by atoms with Gasteiger partial charge in [0.05, 0.1) is 16.7 Å². The van der Waals surface area contributed by atoms with Gasteiger partial charge in [-0.1, -0.05) is 11.8 Å². The van der Waals surface area contributed by atoms with Gasteiger partial charge in [0.2, 0.25) is 0 Å². The highest BCUT2D eigenvalue weighted by Gasteiger charge is 2.04. The Balaban J connectivity index is 2.14. The average Bonchev–Trinajstić information content (AvgIpc) is 2.65. The average molecular weight is 235 g/mol. The van der Waals surface area contributed by atoms with Crippen LogP contribution in [0.1, 0.15) is 10.4 Å². The minimum Gasteiger partial charge on any atom is -0.478 e. The zero-order chi connectivity index (χ0) is 11.5. The van der Waals surface area contributed by atoms with E-state index in [2.05, 4.69) is 10.1 Å². The molecule has 2 aromatic rings. The fourth-order valence-corrected chi connectivity index (χ4v) is 1.93. The maximum Gasteiger partial charge on any atom is 0.337 e. The molecule has 0 fully saturated rings. The predicted octanol–water partition coefficient (Wildman–Crippen LogP) is 1.66. The van der Waals surface area contributed by atoms with Crippen LogP contribution in [-0.4, -0.2) is 25.8 Å². The molecule has 82 valence electrons. The van der Waals surface area contributed by atoms with Crippen LogP contribution in [0.25, 0.3) is 0 Å². The normalized spacial score (nSPS) is 10.3. The SMILES string of the molecule is Cn1cc(Sc2ccc(C(=O)O)cn2)cn1. The fourth-order valence-electron chi connectivity index (χ4n) is 1.14. The number of hydrogen-bond acceptors (Lipinski definition) is 4. The first-order valence-corrected chi connectivity index (χ1v) is 5.32. The first kappa shape index (κ1) is 10.7. The molecule has 0 aliphatic heterocycles. The predicted molar refractivity (Wildman–Crippen MR) is 58.5 cm³/mol. The minimum atomic E-state index is -0.967. The minimum absolute atomic E-state index is 0.190. The van der Waals surface area contributed by atoms with E-state index in [0.29, 0.717) is 0 Å². The molecule has 2 aromatic heterocycles. The van der Waals surface area contributed by atoms with Crippen molar-refractivity contribution in [1.82, 2.24) is 14.8 Å². The van der Waals surface area contributed by atoms with Crippen LogP contribution in [0.5, 0.6) is 0 Å². The molecule has 0 atom stereocenters. The zero-order valence-corrected chi connectivity index (χ0v) is 9.31. The lowest BCUT2D eigenvalue weighted by Gasteiger charge is -1.97. The number of hydrogen-bond donors (Lipinski definition) is 1. The summed E-state index contributed by atoms with van der Waals surface area (Å²) in [5, 5.41) is 13.5. The third-order valence-electron chi connectivity index (χ3n) is 1.89. The van der Waals surface area contributed by atoms with Gasteiger partial charge >= 0.3 is 5.97 Å². The number of rotatable bonds is 3. The Morgan fingerprint density at radius 1 is 1.44 bits per heavy atom. The van der Waals surface area contributed by atoms with Gasteiger partial charge in [0.25, 0.3) is 0 Å². The van der Waals surface area contributed by atoms with Gasteiger partial charge in [-0.2, -0.15) is 5.10 Å². The first-order valence-electron chi connectivity index (χ1n) is 4.51. The van der Waals surface area contributed by atoms with Crippen LogP contribution >= 0.6 is 11.8 Å². The Hall–Kier alpha value is -1.82. The Labute approximate surface area is 96.1 Å². The highest BCUT2D eigenvalue weighted by molar-refractivity contribution is 7.99. The van der Waals surface area contributed by atoms with Crippen LogP contribution < -0.4 is 0 Å². The second kappa shape index (κ2) is 4.36. The summed E-state index contributed by atoms with van der Waals surface area (Å²) >= 11 is 1.44. The second-order valence-corrected chi connectivity index (χ2v) is 4.24. The van der Waals surface area contributed by atoms with Crippen molar-refractivity contribution in [3.8, 4) is 0 Å². The first-order chi connectivity index (χ1) is 7.65. The van der Waals surface area contributed by atoms with Gasteiger partial charge in [-0.3, -0.25) is 4.68 Å². The third kappa shape index (κ3) is 2.40. The highest BCUT2D eigenvalue weighted by atomic mass is 32.2. The number of aromatic nitrogens is 3. The number of nitrogens with zero attached hydrogens (tertiary/aromatic N) is 3. The number of pyridine rings is 1. The molecule has 0 saturated heterocycles. The van der Waals surface area contributed by atoms with Crippen molar-refractivity contribution in [3.63, 3.8) is 0 Å². The molecular formula is C10H9N3O2S. The van der Waals surface area contributed by atoms with E-state index in [-0.39, 0.29) is 5.56 Å². The fraction of sp³-hybridized carbons (Fsp3) is 0.100. The smallest absolute Gasteiger partial charge is 0.337 e. The number of aryl methyl sites for hydroxylation is 1. The van der Waals surface area contributed by atoms with Gasteiger partial charge in [0.1, 0.15) is 5.03 Å². The lowest BCUT2D eigenvalue weighted by atomic mass is 10.3. The van der Waals surface area contributed by atoms with Gasteiger partial charge in [0.15, 0.2) is 0 Å². The molecule has 0 unspecified atom stereocenters. The van der Waals surface area contributed by atoms with Crippen molar-refractivity contribution in [3.05, 3.63) is 36.3 Å². The molecule has 0 spiro atoms. The van der Waals surface area contributed by atoms with Crippen molar-refractivity contribution in [2.75, 3.05) is 0 Å². The number of carbonyl (C=O) groups is 1. The summed E-state index contributed by atoms with van der Waals surface area (Å²) in [6, 6.07) is 3.22. The molecular weight excluding hydrogens is 226 g/mol. The molecule has 0 aliphatic carbocycles. The standard InChI is InChI=1S/C10H9N3O2S/c1-13-6-8(5-12-13)16-9-3-2-7(4-11-9)10(14)15/h2-6H,1H3,(H,14,15). The molecule has 1 N–H and O–H groups in total. The van der Waals surface area contributed by atoms with Gasteiger partial charge in [0, 0.05) is 19.4 Å². The van der Waals surface area contributed by atoms with Crippen molar-refractivity contribution in [2.45, 2.75) is 9.92 Å². The molecule has 0 saturated carbocycles. The summed E-state index contributed by atoms with van der Waals surface area (Å²) in [4.78, 5) is 15.6. The molecule has 5 nitrogen and oxygen atoms in total. The van der Waals surface area contributed by atoms with Gasteiger partial charge in [-0.25, -0.2) is 9.78 Å². The molecule has 2 rings (SSSR count). The van der Waals surface area contributed by atoms with Gasteiger partial charge < -0.3 is 5.11 Å². The molecule has 6 heteroatoms. The zero-order valence-electron chi connectivity index (χ0n) is 8.49. The van der Waals surface area contributed by atoms with E-state index in [0.717, 1.165) is 9.92 Å². The van der Waals surface area contributed by atoms with E-state index < -0.39 is 5.97 Å². The van der Waals surface area contributed by atoms with Crippen LogP contribution in [0, 0.1) is 0 Å². The lowest BCUT2D eigenvalue weighted by Crippen LogP contribution is -1.96. The van der Waals surface area contributed by atoms with Gasteiger partial charge in [-0.05, 0) is 12.1 Å². The summed E-state index contributed by atoms with van der Waals surface area (Å²) < 4.78 is 1.70. The Bertz CT molecular complexity index is 507. The Morgan fingerprint density at radius 3 is 2.75 bits per heavy atom. The lowest BCUT2D eigenvalue weighted by molar-refractivity contribution is 0.0696. The topological polar surface area (TPSA) is 68.0 Å². The maximum absolute atomic E-state index is 10.6. The third-order valence-corrected chi connectivity index (χ3v) is 2.78. The van der Waals surface area contributed by atoms with Crippen LogP contribution in [-0.2, 0) is 7.05 Å². The monoisotopic (exact) mass is 235 g/mol. The number of aromatic carboxylic acids is 1. The van der Waals surface area contributed by atoms with Crippen molar-refractivity contribution >= 4 is 17.7 Å². The summed E-state index contributed by atoms with van der Waals surface area (Å²) in [5.74, 6) is -0.967. The van der Waals surface area contributed by atoms with E-state index in [1.165, 1.54) is 24.0 Å². The molecule has 2 heterocycles. The Morgan fingerprint density at radius 2 is 2.25 bits per heavy atom. The van der Waals surface area contributed by atoms with Crippen molar-refractivity contribution < 1.29 is 9.90 Å². The van der Waals surface area contributed by atoms with Crippen LogP contribution in [0.2, 0.25) is 0 Å². The van der Waals surface area contributed by atoms with Crippen LogP contribution in [0.15, 0.2) is 40.6 Å². The van der Waals surface area contributed by atoms with Crippen LogP contribution in [0.3, 0.4) is 0 Å². The van der Waals surface area contributed by atoms with Gasteiger partial charge in [-0.15, -0.1) is 0 Å². The largest absolute Gasteiger partial charge is 0.478 e. The summed E-state index contributed by atoms with van der Waals surface area (Å²) in [6.45, 7) is 0. The second-order valence-electron chi connectivity index (χ2n) is 3.14. The molecule has 16 heavy (non-hydrogen) atoms. The van der Waals surface area contributed by atoms with Crippen molar-refractivity contribution in [2.24, 2.45) is 7.05 Å². The molecule has 0 aromatic carbocycles. The number of carboxylic acid groups (broad SMARTS) is 1. The summed E-state index contributed by atoms with van der Waals surface area (Å²) in [6.07, 6.45) is 4.95. The van der Waals surface area contributed by atoms with E-state index in [9.17, 15) is 4.79 Å². The quantitative estimate of drug-likeness (QED) is 0.876. The molecule has 0 aliphatic rings. The maximum atomic E-state index is 10.6. The highest BCUT2D eigenvalue weighted by Crippen LogP contribution is 2.24. The number of carboxylic acids is 1. The van der Waals surface area contributed by atoms with E-state index in [1.54, 1.807) is 16.9 Å². The van der Waals surface area contributed by atoms with Crippen molar-refractivity contribution in [1.29, 1.82) is 0 Å². The molecule has 0 amide bonds. The van der Waals surface area contributed by atoms with E-state index >= 15 is 0 Å². The van der Waals surface area contributed by atoms with E-state index in [1.807, 2.05) is 13.2 Å². The van der Waals surface area contributed by atoms with Crippen LogP contribution in [0.4, 0.5) is 0 Å². The summed E-state index contributed by atoms with van der Waals surface area (Å²) in [7, 11) is 1.84.